The van der Waals surface area contributed by atoms with Crippen molar-refractivity contribution in [3.05, 3.63) is 53.2 Å². The Morgan fingerprint density at radius 1 is 1.06 bits per heavy atom. The van der Waals surface area contributed by atoms with Crippen LogP contribution in [0.5, 0.6) is 0 Å². The number of hydrogen-bond acceptors (Lipinski definition) is 3. The molecule has 0 saturated carbocycles. The Labute approximate surface area is 106 Å². The van der Waals surface area contributed by atoms with Crippen LogP contribution in [0.1, 0.15) is 16.8 Å². The first-order valence-electron chi connectivity index (χ1n) is 5.60. The van der Waals surface area contributed by atoms with E-state index in [1.807, 2.05) is 13.0 Å². The third kappa shape index (κ3) is 3.08. The highest BCUT2D eigenvalue weighted by molar-refractivity contribution is 7.99. The fraction of sp³-hybridized carbons (Fsp3) is 0.214. The Morgan fingerprint density at radius 3 is 2.41 bits per heavy atom. The number of benzene rings is 1. The average molecular weight is 244 g/mol. The van der Waals surface area contributed by atoms with Crippen LogP contribution in [0, 0.1) is 13.8 Å². The SMILES string of the molecule is Cc1ccc(Sc2nc(C)ccc2CN)cc1. The average Bonchev–Trinajstić information content (AvgIpc) is 2.32. The van der Waals surface area contributed by atoms with Crippen LogP contribution in [0.4, 0.5) is 0 Å². The van der Waals surface area contributed by atoms with Crippen LogP contribution < -0.4 is 5.73 Å². The zero-order valence-corrected chi connectivity index (χ0v) is 10.9. The molecule has 0 aliphatic carbocycles. The van der Waals surface area contributed by atoms with Crippen molar-refractivity contribution in [2.75, 3.05) is 0 Å². The van der Waals surface area contributed by atoms with Crippen LogP contribution >= 0.6 is 11.8 Å². The highest BCUT2D eigenvalue weighted by Gasteiger charge is 2.05. The number of aryl methyl sites for hydroxylation is 2. The van der Waals surface area contributed by atoms with Crippen LogP contribution in [0.25, 0.3) is 0 Å². The van der Waals surface area contributed by atoms with Crippen molar-refractivity contribution in [1.29, 1.82) is 0 Å². The van der Waals surface area contributed by atoms with Crippen molar-refractivity contribution in [1.82, 2.24) is 4.98 Å². The highest BCUT2D eigenvalue weighted by Crippen LogP contribution is 2.29. The Hall–Kier alpha value is -1.32. The number of aromatic nitrogens is 1. The van der Waals surface area contributed by atoms with E-state index < -0.39 is 0 Å². The van der Waals surface area contributed by atoms with E-state index in [-0.39, 0.29) is 0 Å². The molecule has 0 aliphatic heterocycles. The highest BCUT2D eigenvalue weighted by atomic mass is 32.2. The summed E-state index contributed by atoms with van der Waals surface area (Å²) in [5, 5.41) is 1.01. The molecule has 2 aromatic rings. The number of nitrogens with zero attached hydrogens (tertiary/aromatic N) is 1. The molecule has 0 unspecified atom stereocenters. The third-order valence-corrected chi connectivity index (χ3v) is 3.59. The molecule has 88 valence electrons. The van der Waals surface area contributed by atoms with Crippen molar-refractivity contribution < 1.29 is 0 Å². The van der Waals surface area contributed by atoms with Crippen molar-refractivity contribution in [3.8, 4) is 0 Å². The predicted octanol–water partition coefficient (Wildman–Crippen LogP) is 3.31. The van der Waals surface area contributed by atoms with E-state index in [2.05, 4.69) is 42.2 Å². The molecule has 0 amide bonds. The largest absolute Gasteiger partial charge is 0.326 e. The van der Waals surface area contributed by atoms with Crippen LogP contribution in [0.3, 0.4) is 0 Å². The van der Waals surface area contributed by atoms with Gasteiger partial charge < -0.3 is 5.73 Å². The number of rotatable bonds is 3. The minimum Gasteiger partial charge on any atom is -0.326 e. The van der Waals surface area contributed by atoms with Gasteiger partial charge in [0.25, 0.3) is 0 Å². The first kappa shape index (κ1) is 12.1. The molecule has 0 aliphatic rings. The zero-order valence-electron chi connectivity index (χ0n) is 10.1. The summed E-state index contributed by atoms with van der Waals surface area (Å²) in [4.78, 5) is 5.74. The maximum absolute atomic E-state index is 5.73. The van der Waals surface area contributed by atoms with E-state index in [1.165, 1.54) is 10.5 Å². The van der Waals surface area contributed by atoms with E-state index in [1.54, 1.807) is 11.8 Å². The molecule has 17 heavy (non-hydrogen) atoms. The Bertz CT molecular complexity index is 506. The van der Waals surface area contributed by atoms with Crippen LogP contribution in [0.15, 0.2) is 46.3 Å². The molecule has 1 aromatic heterocycles. The number of nitrogens with two attached hydrogens (primary N) is 1. The summed E-state index contributed by atoms with van der Waals surface area (Å²) in [7, 11) is 0. The second kappa shape index (κ2) is 5.34. The number of pyridine rings is 1. The molecule has 0 radical (unpaired) electrons. The monoisotopic (exact) mass is 244 g/mol. The lowest BCUT2D eigenvalue weighted by atomic mass is 10.2. The second-order valence-corrected chi connectivity index (χ2v) is 5.10. The first-order chi connectivity index (χ1) is 8.19. The summed E-state index contributed by atoms with van der Waals surface area (Å²) in [6, 6.07) is 12.5. The molecule has 0 saturated heterocycles. The third-order valence-electron chi connectivity index (χ3n) is 2.53. The number of hydrogen-bond donors (Lipinski definition) is 1. The lowest BCUT2D eigenvalue weighted by molar-refractivity contribution is 0.941. The standard InChI is InChI=1S/C14H16N2S/c1-10-3-7-13(8-4-10)17-14-12(9-15)6-5-11(2)16-14/h3-8H,9,15H2,1-2H3. The summed E-state index contributed by atoms with van der Waals surface area (Å²) in [5.41, 5.74) is 9.12. The smallest absolute Gasteiger partial charge is 0.106 e. The molecule has 0 atom stereocenters. The molecular weight excluding hydrogens is 228 g/mol. The maximum atomic E-state index is 5.73. The lowest BCUT2D eigenvalue weighted by Gasteiger charge is -2.07. The van der Waals surface area contributed by atoms with E-state index >= 15 is 0 Å². The molecule has 1 heterocycles. The summed E-state index contributed by atoms with van der Waals surface area (Å²) in [6.07, 6.45) is 0. The van der Waals surface area contributed by atoms with Gasteiger partial charge in [0.2, 0.25) is 0 Å². The van der Waals surface area contributed by atoms with Gasteiger partial charge in [0, 0.05) is 17.1 Å². The fourth-order valence-corrected chi connectivity index (χ4v) is 2.49. The summed E-state index contributed by atoms with van der Waals surface area (Å²) < 4.78 is 0. The van der Waals surface area contributed by atoms with Crippen LogP contribution in [0.2, 0.25) is 0 Å². The van der Waals surface area contributed by atoms with Crippen molar-refractivity contribution in [2.24, 2.45) is 5.73 Å². The molecule has 2 rings (SSSR count). The molecule has 0 spiro atoms. The zero-order chi connectivity index (χ0) is 12.3. The van der Waals surface area contributed by atoms with Gasteiger partial charge in [0.05, 0.1) is 0 Å². The maximum Gasteiger partial charge on any atom is 0.106 e. The second-order valence-electron chi connectivity index (χ2n) is 4.04. The van der Waals surface area contributed by atoms with Gasteiger partial charge in [-0.15, -0.1) is 0 Å². The van der Waals surface area contributed by atoms with E-state index in [0.29, 0.717) is 6.54 Å². The Kier molecular flexibility index (Phi) is 3.82. The van der Waals surface area contributed by atoms with Crippen LogP contribution in [-0.2, 0) is 6.54 Å². The van der Waals surface area contributed by atoms with Gasteiger partial charge in [-0.25, -0.2) is 4.98 Å². The Morgan fingerprint density at radius 2 is 1.76 bits per heavy atom. The summed E-state index contributed by atoms with van der Waals surface area (Å²) in [5.74, 6) is 0. The quantitative estimate of drug-likeness (QED) is 0.900. The lowest BCUT2D eigenvalue weighted by Crippen LogP contribution is -2.00. The molecule has 0 bridgehead atoms. The van der Waals surface area contributed by atoms with Gasteiger partial charge in [0.15, 0.2) is 0 Å². The van der Waals surface area contributed by atoms with Gasteiger partial charge in [-0.2, -0.15) is 0 Å². The van der Waals surface area contributed by atoms with Crippen molar-refractivity contribution in [3.63, 3.8) is 0 Å². The van der Waals surface area contributed by atoms with E-state index in [0.717, 1.165) is 16.3 Å². The minimum atomic E-state index is 0.529. The molecule has 1 aromatic carbocycles. The Balaban J connectivity index is 2.28. The molecular formula is C14H16N2S. The normalized spacial score (nSPS) is 10.5. The van der Waals surface area contributed by atoms with Crippen molar-refractivity contribution >= 4 is 11.8 Å². The fourth-order valence-electron chi connectivity index (χ4n) is 1.52. The molecule has 3 heteroatoms. The van der Waals surface area contributed by atoms with E-state index in [9.17, 15) is 0 Å². The summed E-state index contributed by atoms with van der Waals surface area (Å²) in [6.45, 7) is 4.62. The topological polar surface area (TPSA) is 38.9 Å². The minimum absolute atomic E-state index is 0.529. The predicted molar refractivity (Wildman–Crippen MR) is 72.2 cm³/mol. The molecule has 2 nitrogen and oxygen atoms in total. The summed E-state index contributed by atoms with van der Waals surface area (Å²) >= 11 is 1.67. The van der Waals surface area contributed by atoms with Gasteiger partial charge in [0.1, 0.15) is 5.03 Å². The van der Waals surface area contributed by atoms with Gasteiger partial charge >= 0.3 is 0 Å². The van der Waals surface area contributed by atoms with Gasteiger partial charge in [-0.3, -0.25) is 0 Å². The van der Waals surface area contributed by atoms with Crippen LogP contribution in [-0.4, -0.2) is 4.98 Å². The van der Waals surface area contributed by atoms with Gasteiger partial charge in [-0.05, 0) is 37.6 Å². The van der Waals surface area contributed by atoms with Gasteiger partial charge in [-0.1, -0.05) is 35.5 Å². The first-order valence-corrected chi connectivity index (χ1v) is 6.42. The van der Waals surface area contributed by atoms with Crippen molar-refractivity contribution in [2.45, 2.75) is 30.3 Å². The molecule has 2 N–H and O–H groups in total. The van der Waals surface area contributed by atoms with E-state index in [4.69, 9.17) is 5.73 Å². The molecule has 0 fully saturated rings.